The maximum atomic E-state index is 13.8. The molecule has 2 aromatic heterocycles. The highest BCUT2D eigenvalue weighted by molar-refractivity contribution is 5.81. The second-order valence-corrected chi connectivity index (χ2v) is 8.55. The molecule has 2 aromatic carbocycles. The Hall–Kier alpha value is -3.72. The molecule has 0 radical (unpaired) electrons. The van der Waals surface area contributed by atoms with Gasteiger partial charge in [-0.15, -0.1) is 0 Å². The number of nitrogens with zero attached hydrogens (tertiary/aromatic N) is 3. The summed E-state index contributed by atoms with van der Waals surface area (Å²) in [5.74, 6) is -1.11. The van der Waals surface area contributed by atoms with E-state index in [9.17, 15) is 9.18 Å². The molecule has 0 aliphatic heterocycles. The summed E-state index contributed by atoms with van der Waals surface area (Å²) >= 11 is 0. The van der Waals surface area contributed by atoms with E-state index in [0.29, 0.717) is 24.3 Å². The maximum Gasteiger partial charge on any atom is 0.354 e. The van der Waals surface area contributed by atoms with E-state index in [4.69, 9.17) is 5.73 Å². The molecular formula is C24H26FN7O. The molecule has 0 unspecified atom stereocenters. The summed E-state index contributed by atoms with van der Waals surface area (Å²) in [7, 11) is 0. The second kappa shape index (κ2) is 9.03. The maximum absolute atomic E-state index is 13.8. The van der Waals surface area contributed by atoms with E-state index in [1.165, 1.54) is 4.57 Å². The van der Waals surface area contributed by atoms with Crippen LogP contribution < -0.4 is 22.1 Å². The first kappa shape index (κ1) is 21.1. The van der Waals surface area contributed by atoms with Crippen LogP contribution in [-0.4, -0.2) is 31.8 Å². The normalized spacial score (nSPS) is 18.5. The second-order valence-electron chi connectivity index (χ2n) is 8.55. The van der Waals surface area contributed by atoms with Gasteiger partial charge in [0.15, 0.2) is 11.6 Å². The number of hydrogen-bond donors (Lipinski definition) is 4. The highest BCUT2D eigenvalue weighted by atomic mass is 19.1. The van der Waals surface area contributed by atoms with E-state index in [1.807, 2.05) is 30.5 Å². The first-order valence-corrected chi connectivity index (χ1v) is 11.1. The molecule has 1 aliphatic rings. The van der Waals surface area contributed by atoms with Crippen LogP contribution in [0.4, 0.5) is 15.9 Å². The fourth-order valence-corrected chi connectivity index (χ4v) is 4.48. The number of anilines is 2. The number of nitrogen functional groups attached to an aromatic ring is 1. The Balaban J connectivity index is 1.22. The molecule has 9 heteroatoms. The molecule has 2 heterocycles. The van der Waals surface area contributed by atoms with Crippen molar-refractivity contribution in [2.75, 3.05) is 11.1 Å². The Labute approximate surface area is 190 Å². The lowest BCUT2D eigenvalue weighted by molar-refractivity contribution is 0.350. The third-order valence-electron chi connectivity index (χ3n) is 6.18. The molecule has 0 bridgehead atoms. The number of benzene rings is 2. The molecular weight excluding hydrogens is 421 g/mol. The van der Waals surface area contributed by atoms with Gasteiger partial charge >= 0.3 is 5.69 Å². The van der Waals surface area contributed by atoms with Crippen molar-refractivity contribution in [1.29, 1.82) is 0 Å². The number of aromatic nitrogens is 4. The molecule has 0 spiro atoms. The van der Waals surface area contributed by atoms with Crippen LogP contribution in [0.5, 0.6) is 0 Å². The third kappa shape index (κ3) is 4.73. The van der Waals surface area contributed by atoms with Gasteiger partial charge in [0.25, 0.3) is 0 Å². The van der Waals surface area contributed by atoms with Gasteiger partial charge < -0.3 is 16.4 Å². The van der Waals surface area contributed by atoms with Crippen LogP contribution in [-0.2, 0) is 6.54 Å². The summed E-state index contributed by atoms with van der Waals surface area (Å²) in [6.07, 6.45) is 7.34. The van der Waals surface area contributed by atoms with Gasteiger partial charge in [0.1, 0.15) is 0 Å². The van der Waals surface area contributed by atoms with Crippen LogP contribution in [0, 0.1) is 5.82 Å². The average molecular weight is 448 g/mol. The van der Waals surface area contributed by atoms with Gasteiger partial charge in [-0.1, -0.05) is 12.1 Å². The topological polar surface area (TPSA) is 114 Å². The van der Waals surface area contributed by atoms with Crippen LogP contribution in [0.25, 0.3) is 16.6 Å². The predicted octanol–water partition coefficient (Wildman–Crippen LogP) is 3.34. The lowest BCUT2D eigenvalue weighted by Gasteiger charge is -2.31. The van der Waals surface area contributed by atoms with Crippen LogP contribution in [0.1, 0.15) is 31.2 Å². The van der Waals surface area contributed by atoms with E-state index in [0.717, 1.165) is 54.0 Å². The van der Waals surface area contributed by atoms with Gasteiger partial charge in [-0.2, -0.15) is 10.1 Å². The number of aromatic amines is 1. The number of nitrogens with one attached hydrogen (secondary N) is 3. The zero-order valence-electron chi connectivity index (χ0n) is 18.1. The van der Waals surface area contributed by atoms with Crippen molar-refractivity contribution in [1.82, 2.24) is 25.1 Å². The zero-order valence-corrected chi connectivity index (χ0v) is 18.1. The van der Waals surface area contributed by atoms with Crippen molar-refractivity contribution in [2.45, 2.75) is 44.3 Å². The Bertz CT molecular complexity index is 1330. The standard InChI is InChI=1S/C24H26FN7O/c25-21-14-32(24(33)30-23(21)26)20-6-1-3-15(9-20)12-27-17-4-2-5-18(11-17)29-19-7-8-22-16(10-19)13-28-31-22/h1,3,6-10,13-14,17-18,27,29H,2,4-5,11-12H2,(H,28,31)(H2,26,30,33)/t17-,18-/m0/s1. The zero-order chi connectivity index (χ0) is 22.8. The van der Waals surface area contributed by atoms with Gasteiger partial charge in [0.2, 0.25) is 0 Å². The van der Waals surface area contributed by atoms with Crippen molar-refractivity contribution in [3.05, 3.63) is 76.7 Å². The number of rotatable bonds is 6. The van der Waals surface area contributed by atoms with Crippen LogP contribution >= 0.6 is 0 Å². The van der Waals surface area contributed by atoms with Gasteiger partial charge in [-0.3, -0.25) is 9.67 Å². The van der Waals surface area contributed by atoms with E-state index >= 15 is 0 Å². The number of H-pyrrole nitrogens is 1. The van der Waals surface area contributed by atoms with Crippen molar-refractivity contribution in [3.8, 4) is 5.69 Å². The van der Waals surface area contributed by atoms with Gasteiger partial charge in [-0.25, -0.2) is 9.18 Å². The third-order valence-corrected chi connectivity index (χ3v) is 6.18. The minimum Gasteiger partial charge on any atom is -0.382 e. The van der Waals surface area contributed by atoms with E-state index in [2.05, 4.69) is 37.9 Å². The molecule has 1 fully saturated rings. The molecule has 170 valence electrons. The highest BCUT2D eigenvalue weighted by Gasteiger charge is 2.21. The Morgan fingerprint density at radius 1 is 1.18 bits per heavy atom. The number of fused-ring (bicyclic) bond motifs is 1. The predicted molar refractivity (Wildman–Crippen MR) is 127 cm³/mol. The molecule has 1 aliphatic carbocycles. The summed E-state index contributed by atoms with van der Waals surface area (Å²) in [5, 5.41) is 15.5. The molecule has 0 amide bonds. The van der Waals surface area contributed by atoms with Gasteiger partial charge in [-0.05, 0) is 61.6 Å². The molecule has 1 saturated carbocycles. The van der Waals surface area contributed by atoms with Crippen molar-refractivity contribution >= 4 is 22.4 Å². The quantitative estimate of drug-likeness (QED) is 0.361. The Morgan fingerprint density at radius 3 is 2.97 bits per heavy atom. The first-order chi connectivity index (χ1) is 16.0. The Kier molecular flexibility index (Phi) is 5.78. The molecule has 4 aromatic rings. The van der Waals surface area contributed by atoms with Crippen LogP contribution in [0.2, 0.25) is 0 Å². The number of halogens is 1. The van der Waals surface area contributed by atoms with Crippen LogP contribution in [0.15, 0.2) is 59.7 Å². The van der Waals surface area contributed by atoms with Crippen molar-refractivity contribution in [3.63, 3.8) is 0 Å². The number of nitrogens with two attached hydrogens (primary N) is 1. The minimum absolute atomic E-state index is 0.385. The van der Waals surface area contributed by atoms with Gasteiger partial charge in [0, 0.05) is 29.7 Å². The monoisotopic (exact) mass is 447 g/mol. The molecule has 33 heavy (non-hydrogen) atoms. The first-order valence-electron chi connectivity index (χ1n) is 11.1. The summed E-state index contributed by atoms with van der Waals surface area (Å²) in [4.78, 5) is 15.7. The molecule has 0 saturated heterocycles. The highest BCUT2D eigenvalue weighted by Crippen LogP contribution is 2.24. The summed E-state index contributed by atoms with van der Waals surface area (Å²) < 4.78 is 15.0. The van der Waals surface area contributed by atoms with Crippen molar-refractivity contribution < 1.29 is 4.39 Å². The van der Waals surface area contributed by atoms with E-state index in [1.54, 1.807) is 6.07 Å². The largest absolute Gasteiger partial charge is 0.382 e. The number of hydrogen-bond acceptors (Lipinski definition) is 6. The average Bonchev–Trinajstić information content (AvgIpc) is 3.28. The lowest BCUT2D eigenvalue weighted by atomic mass is 9.90. The van der Waals surface area contributed by atoms with E-state index < -0.39 is 11.5 Å². The van der Waals surface area contributed by atoms with Crippen molar-refractivity contribution in [2.24, 2.45) is 0 Å². The van der Waals surface area contributed by atoms with E-state index in [-0.39, 0.29) is 5.82 Å². The summed E-state index contributed by atoms with van der Waals surface area (Å²) in [5.41, 5.74) is 8.50. The smallest absolute Gasteiger partial charge is 0.354 e. The summed E-state index contributed by atoms with van der Waals surface area (Å²) in [6.45, 7) is 0.659. The fourth-order valence-electron chi connectivity index (χ4n) is 4.48. The SMILES string of the molecule is Nc1nc(=O)n(-c2cccc(CN[C@H]3CCC[C@H](Nc4ccc5[nH]ncc5c4)C3)c2)cc1F. The minimum atomic E-state index is -0.717. The molecule has 5 N–H and O–H groups in total. The molecule has 5 rings (SSSR count). The molecule has 2 atom stereocenters. The molecule has 8 nitrogen and oxygen atoms in total. The van der Waals surface area contributed by atoms with Crippen LogP contribution in [0.3, 0.4) is 0 Å². The summed E-state index contributed by atoms with van der Waals surface area (Å²) in [6, 6.07) is 14.5. The van der Waals surface area contributed by atoms with Gasteiger partial charge in [0.05, 0.1) is 23.6 Å². The Morgan fingerprint density at radius 2 is 2.06 bits per heavy atom. The fraction of sp³-hybridized carbons (Fsp3) is 0.292. The lowest BCUT2D eigenvalue weighted by Crippen LogP contribution is -2.38.